The van der Waals surface area contributed by atoms with E-state index < -0.39 is 168 Å². The molecule has 0 fully saturated rings. The van der Waals surface area contributed by atoms with Gasteiger partial charge in [0.2, 0.25) is 40.1 Å². The first-order valence-electron chi connectivity index (χ1n) is 33.5. The number of pyridine rings is 4. The molecule has 0 saturated heterocycles. The minimum Gasteiger partial charge on any atom is -0.346 e. The van der Waals surface area contributed by atoms with Gasteiger partial charge in [-0.05, 0) is 132 Å². The molecule has 0 spiro atoms. The maximum absolute atomic E-state index is 14.8. The molecule has 8 heterocycles. The number of nitrogens with one attached hydrogen (secondary N) is 12. The predicted octanol–water partition coefficient (Wildman–Crippen LogP) is 14.6. The lowest BCUT2D eigenvalue weighted by Crippen LogP contribution is -2.22. The Hall–Kier alpha value is -11.6. The number of nitrogens with zero attached hydrogens (tertiary/aromatic N) is 4. The Morgan fingerprint density at radius 3 is 1.00 bits per heavy atom. The van der Waals surface area contributed by atoms with Crippen LogP contribution in [-0.4, -0.2) is 127 Å². The van der Waals surface area contributed by atoms with E-state index in [0.29, 0.717) is 61.4 Å². The van der Waals surface area contributed by atoms with Crippen molar-refractivity contribution >= 4 is 169 Å². The van der Waals surface area contributed by atoms with E-state index in [2.05, 4.69) is 91.2 Å². The van der Waals surface area contributed by atoms with Gasteiger partial charge in [-0.1, -0.05) is 41.0 Å². The average Bonchev–Trinajstić information content (AvgIpc) is 1.33. The first-order valence-corrected chi connectivity index (χ1v) is 40.9. The van der Waals surface area contributed by atoms with Crippen molar-refractivity contribution < 1.29 is 92.4 Å². The van der Waals surface area contributed by atoms with Crippen molar-refractivity contribution in [2.45, 2.75) is 53.9 Å². The van der Waals surface area contributed by atoms with Crippen LogP contribution >= 0.6 is 15.9 Å². The van der Waals surface area contributed by atoms with Gasteiger partial charge in [0.05, 0.1) is 100.0 Å². The highest BCUT2D eigenvalue weighted by Crippen LogP contribution is 2.31. The number of rotatable bonds is 26. The fourth-order valence-electron chi connectivity index (χ4n) is 10.5. The molecular formula is C71H68BrF9N16O12S4. The largest absolute Gasteiger partial charge is 0.346 e. The number of aromatic amines is 4. The Labute approximate surface area is 647 Å². The highest BCUT2D eigenvalue weighted by molar-refractivity contribution is 9.10. The lowest BCUT2D eigenvalue weighted by molar-refractivity contribution is 0.101. The van der Waals surface area contributed by atoms with E-state index in [1.807, 2.05) is 11.6 Å². The third-order valence-electron chi connectivity index (χ3n) is 15.5. The molecule has 0 unspecified atom stereocenters. The van der Waals surface area contributed by atoms with Gasteiger partial charge in [0, 0.05) is 50.8 Å². The highest BCUT2D eigenvalue weighted by Gasteiger charge is 2.29. The summed E-state index contributed by atoms with van der Waals surface area (Å²) in [5.74, 6) is -15.7. The minimum atomic E-state index is -4.05. The van der Waals surface area contributed by atoms with E-state index in [1.165, 1.54) is 24.8 Å². The van der Waals surface area contributed by atoms with Crippen molar-refractivity contribution in [2.24, 2.45) is 11.8 Å². The van der Waals surface area contributed by atoms with Crippen molar-refractivity contribution in [3.05, 3.63) is 214 Å². The number of carbonyl (C=O) groups is 4. The number of alkyl halides is 1. The Balaban J connectivity index is 0.000000173. The van der Waals surface area contributed by atoms with Crippen molar-refractivity contribution in [3.63, 3.8) is 0 Å². The predicted molar refractivity (Wildman–Crippen MR) is 414 cm³/mol. The lowest BCUT2D eigenvalue weighted by Gasteiger charge is -2.13. The Morgan fingerprint density at radius 1 is 0.407 bits per heavy atom. The number of unbranched alkanes of at least 4 members (excludes halogenated alkanes) is 1. The average molecular weight is 1720 g/mol. The van der Waals surface area contributed by atoms with Gasteiger partial charge in [0.25, 0.3) is 23.6 Å². The molecule has 4 amide bonds. The van der Waals surface area contributed by atoms with Crippen LogP contribution in [0.4, 0.5) is 85.0 Å². The standard InChI is InChI=1S/C18H17BrF2N4O3S.2C18H18F2N4O3S.C17H15F3N4O3S/c1-9(2)8-29(27,28)25-14-4-3-13(20)15(16(14)21)18(26)24-10-5-11-12(19)7-23-17(11)22-6-10;1-10(2)9-28(26,27)24-14-4-3-13(19)15(16(14)20)18(25)23-12-7-11-5-6-21-17(11)22-8-12;1-2-3-8-28(26,27)24-14-5-4-13(19)15(16(14)20)18(25)23-12-9-11-6-7-21-17(11)22-10-12;18-5-1-7-28(26,27)24-13-3-2-12(19)14(15(13)20)17(25)23-11-8-10-4-6-21-16(10)22-9-11/h3-7,9,25H,8H2,1-2H3,(H,22,23)(H,24,26);3-8,10,24H,9H2,1-2H3,(H,21,22)(H,23,25);4-7,9-10,24H,2-3,8H2,1H3,(H,21,22)(H,23,25);2-4,6,8-9,24H,1,5,7H2,(H,21,22)(H,23,25). The monoisotopic (exact) mass is 1710 g/mol. The van der Waals surface area contributed by atoms with Gasteiger partial charge in [-0.25, -0.2) is 88.7 Å². The number of carbonyl (C=O) groups excluding carboxylic acids is 4. The summed E-state index contributed by atoms with van der Waals surface area (Å²) in [6.45, 7) is 7.71. The number of hydrogen-bond donors (Lipinski definition) is 12. The third kappa shape index (κ3) is 22.6. The summed E-state index contributed by atoms with van der Waals surface area (Å²) in [6, 6.07) is 18.4. The molecule has 0 aliphatic carbocycles. The molecule has 0 atom stereocenters. The molecule has 0 bridgehead atoms. The second-order valence-corrected chi connectivity index (χ2v) is 33.5. The number of H-pyrrole nitrogens is 4. The van der Waals surface area contributed by atoms with Crippen molar-refractivity contribution in [3.8, 4) is 0 Å². The van der Waals surface area contributed by atoms with Gasteiger partial charge >= 0.3 is 0 Å². The molecule has 12 rings (SSSR count). The molecule has 113 heavy (non-hydrogen) atoms. The summed E-state index contributed by atoms with van der Waals surface area (Å²) in [4.78, 5) is 77.5. The summed E-state index contributed by atoms with van der Waals surface area (Å²) in [5.41, 5.74) is -2.50. The van der Waals surface area contributed by atoms with Gasteiger partial charge in [0.15, 0.2) is 23.3 Å². The maximum Gasteiger partial charge on any atom is 0.261 e. The lowest BCUT2D eigenvalue weighted by atomic mass is 10.1. The van der Waals surface area contributed by atoms with Crippen LogP contribution in [0.15, 0.2) is 145 Å². The summed E-state index contributed by atoms with van der Waals surface area (Å²) >= 11 is 3.32. The van der Waals surface area contributed by atoms with Crippen LogP contribution in [-0.2, 0) is 40.1 Å². The van der Waals surface area contributed by atoms with Crippen LogP contribution in [0.5, 0.6) is 0 Å². The van der Waals surface area contributed by atoms with Gasteiger partial charge in [-0.2, -0.15) is 0 Å². The van der Waals surface area contributed by atoms with E-state index in [0.717, 1.165) is 48.5 Å². The zero-order chi connectivity index (χ0) is 82.4. The molecule has 4 aromatic carbocycles. The second-order valence-electron chi connectivity index (χ2n) is 25.4. The summed E-state index contributed by atoms with van der Waals surface area (Å²) in [5, 5.41) is 12.2. The van der Waals surface area contributed by atoms with Crippen LogP contribution in [0.1, 0.15) is 95.3 Å². The number of hydrogen-bond acceptors (Lipinski definition) is 16. The Bertz CT molecular complexity index is 5880. The van der Waals surface area contributed by atoms with Crippen LogP contribution in [0, 0.1) is 58.4 Å². The Kier molecular flexibility index (Phi) is 27.7. The third-order valence-corrected chi connectivity index (χ3v) is 22.1. The van der Waals surface area contributed by atoms with Crippen LogP contribution in [0.3, 0.4) is 0 Å². The minimum absolute atomic E-state index is 0.195. The molecule has 12 aromatic rings. The van der Waals surface area contributed by atoms with E-state index in [1.54, 1.807) is 94.9 Å². The molecule has 42 heteroatoms. The fraction of sp³-hybridized carbons (Fsp3) is 0.211. The van der Waals surface area contributed by atoms with Gasteiger partial charge in [-0.15, -0.1) is 0 Å². The van der Waals surface area contributed by atoms with Crippen LogP contribution < -0.4 is 40.2 Å². The quantitative estimate of drug-likeness (QED) is 0.0224. The van der Waals surface area contributed by atoms with Crippen molar-refractivity contribution in [2.75, 3.05) is 69.8 Å². The van der Waals surface area contributed by atoms with E-state index >= 15 is 0 Å². The number of sulfonamides is 4. The van der Waals surface area contributed by atoms with E-state index in [4.69, 9.17) is 0 Å². The number of fused-ring (bicyclic) bond motifs is 4. The molecule has 0 saturated carbocycles. The first kappa shape index (κ1) is 85.4. The molecule has 0 radical (unpaired) electrons. The molecule has 0 aliphatic heterocycles. The Morgan fingerprint density at radius 2 is 0.699 bits per heavy atom. The molecule has 28 nitrogen and oxygen atoms in total. The van der Waals surface area contributed by atoms with E-state index in [9.17, 15) is 92.4 Å². The van der Waals surface area contributed by atoms with Crippen molar-refractivity contribution in [1.29, 1.82) is 0 Å². The van der Waals surface area contributed by atoms with Gasteiger partial charge in [0.1, 0.15) is 68.1 Å². The zero-order valence-electron chi connectivity index (χ0n) is 59.7. The molecule has 598 valence electrons. The molecule has 8 aromatic heterocycles. The highest BCUT2D eigenvalue weighted by atomic mass is 79.9. The molecular weight excluding hydrogens is 1650 g/mol. The van der Waals surface area contributed by atoms with E-state index in [-0.39, 0.29) is 58.3 Å². The zero-order valence-corrected chi connectivity index (χ0v) is 64.5. The van der Waals surface area contributed by atoms with Gasteiger partial charge in [-0.3, -0.25) is 42.5 Å². The SMILES string of the molecule is CC(C)CS(=O)(=O)Nc1ccc(F)c(C(=O)Nc2cnc3[nH]cc(Br)c3c2)c1F.CC(C)CS(=O)(=O)Nc1ccc(F)c(C(=O)Nc2cnc3[nH]ccc3c2)c1F.CCCCS(=O)(=O)Nc1ccc(F)c(C(=O)Nc2cnc3[nH]ccc3c2)c1F.O=C(Nc1cnc2[nH]ccc2c1)c1c(F)ccc(NS(=O)(=O)CCCF)c1F. The van der Waals surface area contributed by atoms with Crippen LogP contribution in [0.2, 0.25) is 0 Å². The number of aromatic nitrogens is 8. The van der Waals surface area contributed by atoms with Crippen LogP contribution in [0.25, 0.3) is 44.1 Å². The number of halogens is 10. The second kappa shape index (κ2) is 36.7. The summed E-state index contributed by atoms with van der Waals surface area (Å²) in [6.07, 6.45) is 12.7. The maximum atomic E-state index is 14.8. The fourth-order valence-corrected chi connectivity index (χ4v) is 16.2. The normalized spacial score (nSPS) is 11.7. The molecule has 0 aliphatic rings. The first-order chi connectivity index (χ1) is 53.3. The number of amides is 4. The summed E-state index contributed by atoms with van der Waals surface area (Å²) < 4.78 is 232. The van der Waals surface area contributed by atoms with Gasteiger partial charge < -0.3 is 41.2 Å². The van der Waals surface area contributed by atoms with Crippen molar-refractivity contribution in [1.82, 2.24) is 39.9 Å². The topological polar surface area (TPSA) is 416 Å². The smallest absolute Gasteiger partial charge is 0.261 e. The summed E-state index contributed by atoms with van der Waals surface area (Å²) in [7, 11) is -15.6. The molecule has 12 N–H and O–H groups in total. The number of anilines is 8. The number of benzene rings is 4.